The highest BCUT2D eigenvalue weighted by atomic mass is 31.1. The Balaban J connectivity index is 1.98. The van der Waals surface area contributed by atoms with Crippen molar-refractivity contribution in [1.82, 2.24) is 0 Å². The average molecular weight is 334 g/mol. The van der Waals surface area contributed by atoms with E-state index in [9.17, 15) is 5.11 Å². The van der Waals surface area contributed by atoms with Crippen molar-refractivity contribution in [3.63, 3.8) is 0 Å². The van der Waals surface area contributed by atoms with Crippen molar-refractivity contribution in [2.45, 2.75) is 0 Å². The number of hydrogen-bond acceptors (Lipinski definition) is 1. The molecule has 2 nitrogen and oxygen atoms in total. The Morgan fingerprint density at radius 3 is 2.25 bits per heavy atom. The van der Waals surface area contributed by atoms with Gasteiger partial charge in [-0.2, -0.15) is 0 Å². The molecule has 3 aromatic carbocycles. The van der Waals surface area contributed by atoms with E-state index >= 15 is 0 Å². The molecule has 0 radical (unpaired) electrons. The van der Waals surface area contributed by atoms with Crippen LogP contribution in [0.2, 0.25) is 0 Å². The molecule has 0 spiro atoms. The van der Waals surface area contributed by atoms with Crippen LogP contribution in [0.4, 0.5) is 0 Å². The van der Waals surface area contributed by atoms with Crippen molar-refractivity contribution in [2.24, 2.45) is 0 Å². The van der Waals surface area contributed by atoms with Crippen LogP contribution >= 0.6 is 8.58 Å². The van der Waals surface area contributed by atoms with Gasteiger partial charge in [0.2, 0.25) is 0 Å². The molecule has 3 rings (SSSR count). The normalized spacial score (nSPS) is 10.9. The highest BCUT2D eigenvalue weighted by Crippen LogP contribution is 2.25. The molecule has 0 saturated carbocycles. The van der Waals surface area contributed by atoms with Crippen LogP contribution < -0.4 is 10.6 Å². The third-order valence-electron chi connectivity index (χ3n) is 3.73. The fourth-order valence-electron chi connectivity index (χ4n) is 2.59. The largest absolute Gasteiger partial charge is 0.507 e. The Morgan fingerprint density at radius 1 is 0.792 bits per heavy atom. The van der Waals surface area contributed by atoms with Crippen molar-refractivity contribution in [3.05, 3.63) is 78.4 Å². The molecular weight excluding hydrogens is 313 g/mol. The van der Waals surface area contributed by atoms with Crippen molar-refractivity contribution < 1.29 is 9.68 Å². The van der Waals surface area contributed by atoms with E-state index in [0.29, 0.717) is 14.3 Å². The molecule has 1 unspecified atom stereocenters. The summed E-state index contributed by atoms with van der Waals surface area (Å²) < 4.78 is 2.05. The first-order valence-electron chi connectivity index (χ1n) is 7.89. The van der Waals surface area contributed by atoms with Crippen molar-refractivity contribution in [1.29, 1.82) is 0 Å². The van der Waals surface area contributed by atoms with Gasteiger partial charge in [0.15, 0.2) is 6.21 Å². The summed E-state index contributed by atoms with van der Waals surface area (Å²) in [4.78, 5) is 0. The van der Waals surface area contributed by atoms with Gasteiger partial charge >= 0.3 is 0 Å². The lowest BCUT2D eigenvalue weighted by atomic mass is 10.1. The van der Waals surface area contributed by atoms with Crippen LogP contribution in [0.25, 0.3) is 11.1 Å². The van der Waals surface area contributed by atoms with Crippen molar-refractivity contribution in [2.75, 3.05) is 14.1 Å². The SMILES string of the molecule is C[N+](C)=Cc1ccccc1Pc1cc(-c2ccccc2)ccc1O. The van der Waals surface area contributed by atoms with Crippen LogP contribution in [-0.2, 0) is 0 Å². The topological polar surface area (TPSA) is 23.2 Å². The van der Waals surface area contributed by atoms with Crippen LogP contribution in [0, 0.1) is 0 Å². The maximum Gasteiger partial charge on any atom is 0.170 e. The summed E-state index contributed by atoms with van der Waals surface area (Å²) in [5, 5.41) is 12.5. The molecule has 0 aliphatic heterocycles. The smallest absolute Gasteiger partial charge is 0.170 e. The van der Waals surface area contributed by atoms with Gasteiger partial charge in [0.1, 0.15) is 19.8 Å². The predicted octanol–water partition coefficient (Wildman–Crippen LogP) is 3.38. The molecule has 0 aliphatic carbocycles. The third kappa shape index (κ3) is 3.90. The Hall–Kier alpha value is -2.44. The van der Waals surface area contributed by atoms with Gasteiger partial charge in [-0.15, -0.1) is 0 Å². The second-order valence-electron chi connectivity index (χ2n) is 5.90. The quantitative estimate of drug-likeness (QED) is 0.441. The lowest BCUT2D eigenvalue weighted by Gasteiger charge is -2.10. The fraction of sp³-hybridized carbons (Fsp3) is 0.0952. The Kier molecular flexibility index (Phi) is 5.08. The zero-order valence-electron chi connectivity index (χ0n) is 13.9. The van der Waals surface area contributed by atoms with E-state index in [1.54, 1.807) is 6.07 Å². The molecule has 0 aliphatic rings. The van der Waals surface area contributed by atoms with Crippen LogP contribution in [0.15, 0.2) is 72.8 Å². The Bertz CT molecular complexity index is 868. The van der Waals surface area contributed by atoms with E-state index in [4.69, 9.17) is 0 Å². The summed E-state index contributed by atoms with van der Waals surface area (Å²) in [6, 6.07) is 24.5. The van der Waals surface area contributed by atoms with Crippen LogP contribution in [-0.4, -0.2) is 30.0 Å². The van der Waals surface area contributed by atoms with Crippen LogP contribution in [0.1, 0.15) is 5.56 Å². The molecule has 1 atom stereocenters. The van der Waals surface area contributed by atoms with Gasteiger partial charge in [0.05, 0.1) is 0 Å². The van der Waals surface area contributed by atoms with E-state index in [1.807, 2.05) is 55.1 Å². The van der Waals surface area contributed by atoms with Crippen LogP contribution in [0.5, 0.6) is 5.75 Å². The summed E-state index contributed by atoms with van der Waals surface area (Å²) in [6.07, 6.45) is 2.11. The molecule has 3 heteroatoms. The summed E-state index contributed by atoms with van der Waals surface area (Å²) in [5.74, 6) is 0.354. The van der Waals surface area contributed by atoms with Gasteiger partial charge in [-0.05, 0) is 34.6 Å². The van der Waals surface area contributed by atoms with Crippen molar-refractivity contribution in [3.8, 4) is 16.9 Å². The maximum absolute atomic E-state index is 10.3. The minimum Gasteiger partial charge on any atom is -0.507 e. The zero-order chi connectivity index (χ0) is 16.9. The van der Waals surface area contributed by atoms with Gasteiger partial charge < -0.3 is 5.11 Å². The first-order valence-corrected chi connectivity index (χ1v) is 8.89. The van der Waals surface area contributed by atoms with Gasteiger partial charge in [-0.3, -0.25) is 0 Å². The molecule has 3 aromatic rings. The molecule has 24 heavy (non-hydrogen) atoms. The van der Waals surface area contributed by atoms with Crippen molar-refractivity contribution >= 4 is 25.4 Å². The summed E-state index contributed by atoms with van der Waals surface area (Å²) in [7, 11) is 4.45. The highest BCUT2D eigenvalue weighted by Gasteiger charge is 2.09. The van der Waals surface area contributed by atoms with Gasteiger partial charge in [0, 0.05) is 10.9 Å². The number of nitrogens with zero attached hydrogens (tertiary/aromatic N) is 1. The number of benzene rings is 3. The third-order valence-corrected chi connectivity index (χ3v) is 5.13. The first kappa shape index (κ1) is 16.4. The summed E-state index contributed by atoms with van der Waals surface area (Å²) in [6.45, 7) is 0. The lowest BCUT2D eigenvalue weighted by Crippen LogP contribution is -2.12. The van der Waals surface area contributed by atoms with Crippen LogP contribution in [0.3, 0.4) is 0 Å². The second-order valence-corrected chi connectivity index (χ2v) is 7.23. The molecule has 1 N–H and O–H groups in total. The number of phenols is 1. The Labute approximate surface area is 144 Å². The molecular formula is C21H21NOP+. The Morgan fingerprint density at radius 2 is 1.50 bits per heavy atom. The first-order chi connectivity index (χ1) is 11.6. The monoisotopic (exact) mass is 334 g/mol. The molecule has 0 fully saturated rings. The number of hydrogen-bond donors (Lipinski definition) is 1. The highest BCUT2D eigenvalue weighted by molar-refractivity contribution is 7.56. The molecule has 0 aromatic heterocycles. The second kappa shape index (κ2) is 7.42. The predicted molar refractivity (Wildman–Crippen MR) is 105 cm³/mol. The summed E-state index contributed by atoms with van der Waals surface area (Å²) in [5.41, 5.74) is 3.48. The number of phenolic OH excluding ortho intramolecular Hbond substituents is 1. The lowest BCUT2D eigenvalue weighted by molar-refractivity contribution is -0.458. The van der Waals surface area contributed by atoms with E-state index in [0.717, 1.165) is 16.4 Å². The van der Waals surface area contributed by atoms with E-state index < -0.39 is 0 Å². The fourth-order valence-corrected chi connectivity index (χ4v) is 3.79. The maximum atomic E-state index is 10.3. The molecule has 0 heterocycles. The van der Waals surface area contributed by atoms with Gasteiger partial charge in [-0.1, -0.05) is 63.2 Å². The van der Waals surface area contributed by atoms with E-state index in [2.05, 4.69) is 36.5 Å². The molecule has 120 valence electrons. The average Bonchev–Trinajstić information content (AvgIpc) is 2.59. The number of aromatic hydroxyl groups is 1. The zero-order valence-corrected chi connectivity index (χ0v) is 14.9. The van der Waals surface area contributed by atoms with Gasteiger partial charge in [0.25, 0.3) is 0 Å². The minimum absolute atomic E-state index is 0.354. The van der Waals surface area contributed by atoms with E-state index in [-0.39, 0.29) is 0 Å². The number of rotatable bonds is 4. The molecule has 0 amide bonds. The minimum atomic E-state index is 0.354. The van der Waals surface area contributed by atoms with E-state index in [1.165, 1.54) is 10.9 Å². The molecule has 0 bridgehead atoms. The summed E-state index contributed by atoms with van der Waals surface area (Å²) >= 11 is 0. The molecule has 0 saturated heterocycles. The standard InChI is InChI=1S/C21H20NOP/c1-22(2)15-18-10-6-7-11-20(18)24-21-14-17(12-13-19(21)23)16-8-4-3-5-9-16/h3-15,24H,1-2H3/p+1. The van der Waals surface area contributed by atoms with Gasteiger partial charge in [-0.25, -0.2) is 4.58 Å².